The number of benzene rings is 1. The molecule has 96 valence electrons. The summed E-state index contributed by atoms with van der Waals surface area (Å²) in [5.41, 5.74) is 2.17. The predicted octanol–water partition coefficient (Wildman–Crippen LogP) is 2.88. The van der Waals surface area contributed by atoms with Crippen molar-refractivity contribution >= 4 is 26.9 Å². The fraction of sp³-hybridized carbons (Fsp3) is 0.231. The highest BCUT2D eigenvalue weighted by atomic mass is 32.2. The maximum absolute atomic E-state index is 11.4. The van der Waals surface area contributed by atoms with Crippen LogP contribution in [0.5, 0.6) is 0 Å². The molecule has 0 amide bonds. The van der Waals surface area contributed by atoms with Crippen LogP contribution in [-0.4, -0.2) is 28.8 Å². The van der Waals surface area contributed by atoms with Crippen molar-refractivity contribution in [1.82, 2.24) is 0 Å². The molecule has 0 fully saturated rings. The Labute approximate surface area is 112 Å². The molecule has 0 radical (unpaired) electrons. The molecule has 0 aliphatic rings. The third-order valence-corrected chi connectivity index (χ3v) is 5.57. The van der Waals surface area contributed by atoms with E-state index in [-0.39, 0.29) is 0 Å². The normalized spacial score (nSPS) is 11.5. The highest BCUT2D eigenvalue weighted by Gasteiger charge is 2.11. The van der Waals surface area contributed by atoms with E-state index in [0.29, 0.717) is 4.21 Å². The van der Waals surface area contributed by atoms with Crippen LogP contribution < -0.4 is 4.90 Å². The van der Waals surface area contributed by atoms with Crippen molar-refractivity contribution in [2.24, 2.45) is 0 Å². The number of hydrogen-bond acceptors (Lipinski definition) is 4. The van der Waals surface area contributed by atoms with E-state index in [4.69, 9.17) is 0 Å². The van der Waals surface area contributed by atoms with Crippen LogP contribution in [0.2, 0.25) is 0 Å². The van der Waals surface area contributed by atoms with Gasteiger partial charge in [-0.3, -0.25) is 0 Å². The summed E-state index contributed by atoms with van der Waals surface area (Å²) < 4.78 is 23.3. The lowest BCUT2D eigenvalue weighted by atomic mass is 10.2. The Morgan fingerprint density at radius 3 is 2.06 bits per heavy atom. The summed E-state index contributed by atoms with van der Waals surface area (Å²) in [6.45, 7) is 0. The van der Waals surface area contributed by atoms with E-state index in [1.54, 1.807) is 6.07 Å². The molecule has 0 N–H and O–H groups in total. The van der Waals surface area contributed by atoms with Crippen LogP contribution in [-0.2, 0) is 9.84 Å². The van der Waals surface area contributed by atoms with Crippen LogP contribution in [0.25, 0.3) is 10.4 Å². The molecule has 0 atom stereocenters. The topological polar surface area (TPSA) is 37.4 Å². The van der Waals surface area contributed by atoms with Gasteiger partial charge in [0.15, 0.2) is 9.84 Å². The van der Waals surface area contributed by atoms with Gasteiger partial charge in [0.25, 0.3) is 0 Å². The SMILES string of the molecule is CN(C)c1ccc(-c2ccc(S(C)(=O)=O)s2)cc1. The minimum Gasteiger partial charge on any atom is -0.378 e. The van der Waals surface area contributed by atoms with Gasteiger partial charge in [0.05, 0.1) is 0 Å². The lowest BCUT2D eigenvalue weighted by Gasteiger charge is -2.12. The quantitative estimate of drug-likeness (QED) is 0.868. The Kier molecular flexibility index (Phi) is 3.45. The van der Waals surface area contributed by atoms with E-state index in [2.05, 4.69) is 0 Å². The van der Waals surface area contributed by atoms with Gasteiger partial charge >= 0.3 is 0 Å². The molecule has 3 nitrogen and oxygen atoms in total. The predicted molar refractivity (Wildman–Crippen MR) is 77.2 cm³/mol. The Morgan fingerprint density at radius 1 is 1.00 bits per heavy atom. The molecule has 0 unspecified atom stereocenters. The maximum atomic E-state index is 11.4. The van der Waals surface area contributed by atoms with Crippen LogP contribution >= 0.6 is 11.3 Å². The van der Waals surface area contributed by atoms with Gasteiger partial charge in [0.1, 0.15) is 4.21 Å². The average Bonchev–Trinajstić information content (AvgIpc) is 2.78. The molecular formula is C13H15NO2S2. The Hall–Kier alpha value is -1.33. The van der Waals surface area contributed by atoms with Crippen LogP contribution in [0.1, 0.15) is 0 Å². The smallest absolute Gasteiger partial charge is 0.184 e. The van der Waals surface area contributed by atoms with Crippen molar-refractivity contribution in [2.75, 3.05) is 25.3 Å². The van der Waals surface area contributed by atoms with Gasteiger partial charge in [0, 0.05) is 30.9 Å². The first-order valence-electron chi connectivity index (χ1n) is 5.45. The summed E-state index contributed by atoms with van der Waals surface area (Å²) in [4.78, 5) is 3.00. The second-order valence-corrected chi connectivity index (χ2v) is 7.66. The van der Waals surface area contributed by atoms with E-state index in [0.717, 1.165) is 16.1 Å². The summed E-state index contributed by atoms with van der Waals surface area (Å²) in [5.74, 6) is 0. The monoisotopic (exact) mass is 281 g/mol. The average molecular weight is 281 g/mol. The first-order valence-corrected chi connectivity index (χ1v) is 8.16. The Balaban J connectivity index is 2.35. The van der Waals surface area contributed by atoms with Crippen molar-refractivity contribution in [3.63, 3.8) is 0 Å². The van der Waals surface area contributed by atoms with E-state index in [9.17, 15) is 8.42 Å². The van der Waals surface area contributed by atoms with E-state index in [1.165, 1.54) is 17.6 Å². The number of nitrogens with zero attached hydrogens (tertiary/aromatic N) is 1. The van der Waals surface area contributed by atoms with Gasteiger partial charge in [-0.1, -0.05) is 12.1 Å². The zero-order valence-corrected chi connectivity index (χ0v) is 12.2. The van der Waals surface area contributed by atoms with Gasteiger partial charge in [0.2, 0.25) is 0 Å². The summed E-state index contributed by atoms with van der Waals surface area (Å²) in [6, 6.07) is 11.6. The largest absolute Gasteiger partial charge is 0.378 e. The van der Waals surface area contributed by atoms with Crippen LogP contribution in [0.4, 0.5) is 5.69 Å². The number of anilines is 1. The molecule has 5 heteroatoms. The van der Waals surface area contributed by atoms with Crippen molar-refractivity contribution in [2.45, 2.75) is 4.21 Å². The fourth-order valence-electron chi connectivity index (χ4n) is 1.60. The summed E-state index contributed by atoms with van der Waals surface area (Å²) in [7, 11) is 0.875. The zero-order chi connectivity index (χ0) is 13.3. The summed E-state index contributed by atoms with van der Waals surface area (Å²) in [5, 5.41) is 0. The van der Waals surface area contributed by atoms with Gasteiger partial charge in [-0.15, -0.1) is 11.3 Å². The van der Waals surface area contributed by atoms with Crippen molar-refractivity contribution in [3.8, 4) is 10.4 Å². The van der Waals surface area contributed by atoms with Crippen molar-refractivity contribution in [3.05, 3.63) is 36.4 Å². The highest BCUT2D eigenvalue weighted by molar-refractivity contribution is 7.92. The second kappa shape index (κ2) is 4.74. The Bertz CT molecular complexity index is 640. The lowest BCUT2D eigenvalue weighted by molar-refractivity contribution is 0.604. The van der Waals surface area contributed by atoms with E-state index >= 15 is 0 Å². The van der Waals surface area contributed by atoms with Gasteiger partial charge in [-0.05, 0) is 29.8 Å². The Morgan fingerprint density at radius 2 is 1.61 bits per heavy atom. The van der Waals surface area contributed by atoms with Gasteiger partial charge in [-0.2, -0.15) is 0 Å². The molecule has 2 rings (SSSR count). The fourth-order valence-corrected chi connectivity index (χ4v) is 3.53. The molecule has 0 bridgehead atoms. The molecular weight excluding hydrogens is 266 g/mol. The first-order chi connectivity index (χ1) is 8.38. The van der Waals surface area contributed by atoms with Crippen LogP contribution in [0.15, 0.2) is 40.6 Å². The second-order valence-electron chi connectivity index (χ2n) is 4.33. The van der Waals surface area contributed by atoms with Crippen LogP contribution in [0, 0.1) is 0 Å². The van der Waals surface area contributed by atoms with Gasteiger partial charge < -0.3 is 4.90 Å². The number of sulfone groups is 1. The van der Waals surface area contributed by atoms with E-state index < -0.39 is 9.84 Å². The molecule has 18 heavy (non-hydrogen) atoms. The van der Waals surface area contributed by atoms with Crippen molar-refractivity contribution < 1.29 is 8.42 Å². The number of thiophene rings is 1. The minimum absolute atomic E-state index is 0.411. The maximum Gasteiger partial charge on any atom is 0.184 e. The highest BCUT2D eigenvalue weighted by Crippen LogP contribution is 2.31. The molecule has 0 spiro atoms. The number of rotatable bonds is 3. The number of hydrogen-bond donors (Lipinski definition) is 0. The zero-order valence-electron chi connectivity index (χ0n) is 10.5. The molecule has 1 aromatic carbocycles. The molecule has 0 saturated carbocycles. The van der Waals surface area contributed by atoms with Crippen LogP contribution in [0.3, 0.4) is 0 Å². The van der Waals surface area contributed by atoms with E-state index in [1.807, 2.05) is 49.3 Å². The minimum atomic E-state index is -3.10. The standard InChI is InChI=1S/C13H15NO2S2/c1-14(2)11-6-4-10(5-7-11)12-8-9-13(17-12)18(3,15)16/h4-9H,1-3H3. The molecule has 0 aliphatic carbocycles. The molecule has 2 aromatic rings. The molecule has 0 aliphatic heterocycles. The molecule has 1 aromatic heterocycles. The molecule has 0 saturated heterocycles. The van der Waals surface area contributed by atoms with Gasteiger partial charge in [-0.25, -0.2) is 8.42 Å². The third kappa shape index (κ3) is 2.73. The summed E-state index contributed by atoms with van der Waals surface area (Å²) in [6.07, 6.45) is 1.23. The first kappa shape index (κ1) is 13.1. The third-order valence-electron chi connectivity index (χ3n) is 2.62. The summed E-state index contributed by atoms with van der Waals surface area (Å²) >= 11 is 1.31. The lowest BCUT2D eigenvalue weighted by Crippen LogP contribution is -2.07. The molecule has 1 heterocycles. The van der Waals surface area contributed by atoms with Crippen molar-refractivity contribution in [1.29, 1.82) is 0 Å².